The Kier molecular flexibility index (Phi) is 3.91. The van der Waals surface area contributed by atoms with Gasteiger partial charge in [-0.15, -0.1) is 0 Å². The molecule has 4 rings (SSSR count). The molecule has 6 nitrogen and oxygen atoms in total. The van der Waals surface area contributed by atoms with Crippen LogP contribution in [0.5, 0.6) is 0 Å². The van der Waals surface area contributed by atoms with Crippen molar-refractivity contribution in [3.05, 3.63) is 17.4 Å². The van der Waals surface area contributed by atoms with Crippen LogP contribution in [0.15, 0.2) is 12.3 Å². The van der Waals surface area contributed by atoms with Crippen LogP contribution in [-0.4, -0.2) is 59.5 Å². The van der Waals surface area contributed by atoms with E-state index in [9.17, 15) is 0 Å². The van der Waals surface area contributed by atoms with Crippen molar-refractivity contribution in [1.82, 2.24) is 19.7 Å². The molecule has 0 bridgehead atoms. The lowest BCUT2D eigenvalue weighted by molar-refractivity contribution is -0.0366. The second-order valence-electron chi connectivity index (χ2n) is 6.64. The van der Waals surface area contributed by atoms with Gasteiger partial charge in [-0.3, -0.25) is 0 Å². The minimum atomic E-state index is 0.00406. The van der Waals surface area contributed by atoms with Gasteiger partial charge in [-0.2, -0.15) is 5.10 Å². The summed E-state index contributed by atoms with van der Waals surface area (Å²) in [5.74, 6) is 0.997. The third-order valence-electron chi connectivity index (χ3n) is 4.86. The quantitative estimate of drug-likeness (QED) is 0.807. The Balaban J connectivity index is 1.71. The number of likely N-dealkylation sites (N-methyl/N-ethyl adjacent to an activating group) is 1. The fraction of sp³-hybridized carbons (Fsp3) is 0.625. The van der Waals surface area contributed by atoms with E-state index in [2.05, 4.69) is 28.9 Å². The van der Waals surface area contributed by atoms with Crippen LogP contribution in [0.2, 0.25) is 5.15 Å². The molecule has 0 aliphatic carbocycles. The highest BCUT2D eigenvalue weighted by atomic mass is 35.5. The van der Waals surface area contributed by atoms with Crippen molar-refractivity contribution in [2.24, 2.45) is 0 Å². The molecule has 0 N–H and O–H groups in total. The first-order chi connectivity index (χ1) is 11.1. The molecule has 2 fully saturated rings. The van der Waals surface area contributed by atoms with Gasteiger partial charge in [-0.1, -0.05) is 11.6 Å². The normalized spacial score (nSPS) is 22.8. The molecular weight excluding hydrogens is 314 g/mol. The van der Waals surface area contributed by atoms with Gasteiger partial charge in [-0.25, -0.2) is 9.67 Å². The van der Waals surface area contributed by atoms with E-state index in [4.69, 9.17) is 21.4 Å². The van der Waals surface area contributed by atoms with Crippen LogP contribution < -0.4 is 4.90 Å². The number of rotatable bonds is 3. The van der Waals surface area contributed by atoms with Crippen molar-refractivity contribution < 1.29 is 4.74 Å². The van der Waals surface area contributed by atoms with E-state index in [-0.39, 0.29) is 6.23 Å². The van der Waals surface area contributed by atoms with E-state index in [1.165, 1.54) is 6.42 Å². The summed E-state index contributed by atoms with van der Waals surface area (Å²) in [4.78, 5) is 8.82. The largest absolute Gasteiger partial charge is 0.356 e. The van der Waals surface area contributed by atoms with Crippen molar-refractivity contribution in [2.45, 2.75) is 31.5 Å². The van der Waals surface area contributed by atoms with Crippen LogP contribution in [0, 0.1) is 0 Å². The number of nitrogens with zero attached hydrogens (tertiary/aromatic N) is 5. The highest BCUT2D eigenvalue weighted by Gasteiger charge is 2.32. The highest BCUT2D eigenvalue weighted by Crippen LogP contribution is 2.34. The van der Waals surface area contributed by atoms with E-state index in [1.54, 1.807) is 0 Å². The summed E-state index contributed by atoms with van der Waals surface area (Å²) in [6.07, 6.45) is 5.14. The van der Waals surface area contributed by atoms with Gasteiger partial charge in [0, 0.05) is 38.0 Å². The maximum Gasteiger partial charge on any atom is 0.160 e. The fourth-order valence-corrected chi connectivity index (χ4v) is 3.47. The minimum Gasteiger partial charge on any atom is -0.356 e. The molecule has 1 atom stereocenters. The predicted octanol–water partition coefficient (Wildman–Crippen LogP) is 2.53. The maximum absolute atomic E-state index is 6.12. The van der Waals surface area contributed by atoms with Gasteiger partial charge in [-0.05, 0) is 33.4 Å². The molecule has 2 aliphatic rings. The standard InChI is InChI=1S/C16H22ClN5O/c1-20(2)11-9-21(10-11)16-12-8-18-14(17)7-13(12)22(19-16)15-5-3-4-6-23-15/h7-8,11,15H,3-6,9-10H2,1-2H3. The molecule has 2 aliphatic heterocycles. The van der Waals surface area contributed by atoms with Crippen LogP contribution in [0.1, 0.15) is 25.5 Å². The number of halogens is 1. The molecule has 0 radical (unpaired) electrons. The summed E-state index contributed by atoms with van der Waals surface area (Å²) < 4.78 is 7.93. The van der Waals surface area contributed by atoms with E-state index >= 15 is 0 Å². The zero-order valence-corrected chi connectivity index (χ0v) is 14.3. The Labute approximate surface area is 141 Å². The number of anilines is 1. The zero-order chi connectivity index (χ0) is 16.0. The molecule has 0 aromatic carbocycles. The Morgan fingerprint density at radius 1 is 1.30 bits per heavy atom. The molecule has 124 valence electrons. The molecule has 0 amide bonds. The molecule has 1 unspecified atom stereocenters. The van der Waals surface area contributed by atoms with Gasteiger partial charge in [0.1, 0.15) is 5.15 Å². The molecule has 2 saturated heterocycles. The van der Waals surface area contributed by atoms with Crippen molar-refractivity contribution in [2.75, 3.05) is 38.7 Å². The molecule has 0 saturated carbocycles. The minimum absolute atomic E-state index is 0.00406. The van der Waals surface area contributed by atoms with Gasteiger partial charge in [0.2, 0.25) is 0 Å². The monoisotopic (exact) mass is 335 g/mol. The summed E-state index contributed by atoms with van der Waals surface area (Å²) in [6.45, 7) is 2.78. The van der Waals surface area contributed by atoms with E-state index in [0.717, 1.165) is 49.3 Å². The Morgan fingerprint density at radius 2 is 2.13 bits per heavy atom. The lowest BCUT2D eigenvalue weighted by Crippen LogP contribution is -2.57. The third kappa shape index (κ3) is 2.69. The highest BCUT2D eigenvalue weighted by molar-refractivity contribution is 6.30. The maximum atomic E-state index is 6.12. The number of fused-ring (bicyclic) bond motifs is 1. The van der Waals surface area contributed by atoms with Crippen molar-refractivity contribution in [3.63, 3.8) is 0 Å². The van der Waals surface area contributed by atoms with Crippen molar-refractivity contribution in [1.29, 1.82) is 0 Å². The van der Waals surface area contributed by atoms with Crippen LogP contribution in [0.25, 0.3) is 10.9 Å². The van der Waals surface area contributed by atoms with Crippen molar-refractivity contribution >= 4 is 28.3 Å². The Bertz CT molecular complexity index is 704. The topological polar surface area (TPSA) is 46.4 Å². The smallest absolute Gasteiger partial charge is 0.160 e. The van der Waals surface area contributed by atoms with Gasteiger partial charge in [0.05, 0.1) is 10.9 Å². The number of pyridine rings is 1. The van der Waals surface area contributed by atoms with Gasteiger partial charge >= 0.3 is 0 Å². The van der Waals surface area contributed by atoms with Crippen LogP contribution in [0.4, 0.5) is 5.82 Å². The zero-order valence-electron chi connectivity index (χ0n) is 13.6. The summed E-state index contributed by atoms with van der Waals surface area (Å²) >= 11 is 6.12. The average Bonchev–Trinajstić information content (AvgIpc) is 2.85. The summed E-state index contributed by atoms with van der Waals surface area (Å²) in [5.41, 5.74) is 1.01. The first kappa shape index (κ1) is 15.2. The lowest BCUT2D eigenvalue weighted by atomic mass is 10.1. The summed E-state index contributed by atoms with van der Waals surface area (Å²) in [7, 11) is 4.24. The number of hydrogen-bond acceptors (Lipinski definition) is 5. The summed E-state index contributed by atoms with van der Waals surface area (Å²) in [5, 5.41) is 6.42. The predicted molar refractivity (Wildman–Crippen MR) is 91.1 cm³/mol. The van der Waals surface area contributed by atoms with Gasteiger partial charge in [0.15, 0.2) is 12.0 Å². The summed E-state index contributed by atoms with van der Waals surface area (Å²) in [6, 6.07) is 2.48. The first-order valence-electron chi connectivity index (χ1n) is 8.20. The van der Waals surface area contributed by atoms with E-state index in [0.29, 0.717) is 11.2 Å². The molecule has 23 heavy (non-hydrogen) atoms. The third-order valence-corrected chi connectivity index (χ3v) is 5.07. The van der Waals surface area contributed by atoms with E-state index < -0.39 is 0 Å². The molecule has 0 spiro atoms. The lowest BCUT2D eigenvalue weighted by Gasteiger charge is -2.43. The fourth-order valence-electron chi connectivity index (χ4n) is 3.32. The van der Waals surface area contributed by atoms with Crippen LogP contribution in [-0.2, 0) is 4.74 Å². The first-order valence-corrected chi connectivity index (χ1v) is 8.58. The molecule has 2 aromatic rings. The Morgan fingerprint density at radius 3 is 2.83 bits per heavy atom. The molecule has 4 heterocycles. The second-order valence-corrected chi connectivity index (χ2v) is 7.02. The van der Waals surface area contributed by atoms with Gasteiger partial charge < -0.3 is 14.5 Å². The van der Waals surface area contributed by atoms with Crippen LogP contribution >= 0.6 is 11.6 Å². The van der Waals surface area contributed by atoms with Crippen LogP contribution in [0.3, 0.4) is 0 Å². The van der Waals surface area contributed by atoms with Gasteiger partial charge in [0.25, 0.3) is 0 Å². The molecule has 2 aromatic heterocycles. The number of aromatic nitrogens is 3. The number of hydrogen-bond donors (Lipinski definition) is 0. The van der Waals surface area contributed by atoms with E-state index in [1.807, 2.05) is 16.9 Å². The average molecular weight is 336 g/mol. The molecular formula is C16H22ClN5O. The Hall–Kier alpha value is -1.37. The SMILES string of the molecule is CN(C)C1CN(c2nn(C3CCCCO3)c3cc(Cl)ncc23)C1. The molecule has 7 heteroatoms. The second kappa shape index (κ2) is 5.92. The van der Waals surface area contributed by atoms with Crippen molar-refractivity contribution in [3.8, 4) is 0 Å². The number of ether oxygens (including phenoxy) is 1.